The smallest absolute Gasteiger partial charge is 0.241 e. The van der Waals surface area contributed by atoms with Crippen LogP contribution in [0.25, 0.3) is 0 Å². The molecule has 2 aromatic carbocycles. The normalized spacial score (nSPS) is 21.7. The van der Waals surface area contributed by atoms with Gasteiger partial charge in [-0.1, -0.05) is 37.3 Å². The number of sulfonamides is 1. The minimum absolute atomic E-state index is 0.182. The highest BCUT2D eigenvalue weighted by atomic mass is 32.2. The minimum Gasteiger partial charge on any atom is -0.497 e. The Labute approximate surface area is 137 Å². The molecule has 1 fully saturated rings. The molecule has 0 spiro atoms. The molecule has 23 heavy (non-hydrogen) atoms. The summed E-state index contributed by atoms with van der Waals surface area (Å²) in [6.45, 7) is 2.16. The molecule has 0 heterocycles. The average Bonchev–Trinajstić information content (AvgIpc) is 3.30. The minimum atomic E-state index is -3.57. The van der Waals surface area contributed by atoms with Crippen LogP contribution in [0.2, 0.25) is 0 Å². The molecule has 122 valence electrons. The molecule has 4 nitrogen and oxygen atoms in total. The summed E-state index contributed by atoms with van der Waals surface area (Å²) in [7, 11) is -2.01. The predicted octanol–water partition coefficient (Wildman–Crippen LogP) is 3.37. The van der Waals surface area contributed by atoms with E-state index in [9.17, 15) is 8.42 Å². The molecule has 0 aromatic heterocycles. The number of hydrogen-bond acceptors (Lipinski definition) is 3. The van der Waals surface area contributed by atoms with Gasteiger partial charge in [-0.05, 0) is 48.1 Å². The zero-order chi connectivity index (χ0) is 16.4. The second-order valence-corrected chi connectivity index (χ2v) is 7.78. The van der Waals surface area contributed by atoms with Crippen molar-refractivity contribution < 1.29 is 13.2 Å². The number of nitrogens with one attached hydrogen (secondary N) is 1. The molecule has 3 atom stereocenters. The molecule has 1 saturated carbocycles. The predicted molar refractivity (Wildman–Crippen MR) is 89.8 cm³/mol. The first kappa shape index (κ1) is 16.0. The highest BCUT2D eigenvalue weighted by Gasteiger charge is 2.42. The fourth-order valence-electron chi connectivity index (χ4n) is 2.87. The summed E-state index contributed by atoms with van der Waals surface area (Å²) in [6, 6.07) is 16.1. The maximum absolute atomic E-state index is 12.7. The maximum Gasteiger partial charge on any atom is 0.241 e. The van der Waals surface area contributed by atoms with Gasteiger partial charge in [-0.15, -0.1) is 0 Å². The maximum atomic E-state index is 12.7. The Morgan fingerprint density at radius 3 is 2.22 bits per heavy atom. The Balaban J connectivity index is 1.86. The summed E-state index contributed by atoms with van der Waals surface area (Å²) in [6.07, 6.45) is 1.05. The molecule has 2 aromatic rings. The van der Waals surface area contributed by atoms with E-state index in [-0.39, 0.29) is 10.9 Å². The van der Waals surface area contributed by atoms with Crippen LogP contribution in [0.4, 0.5) is 0 Å². The van der Waals surface area contributed by atoms with Gasteiger partial charge in [-0.3, -0.25) is 0 Å². The number of methoxy groups -OCH3 is 1. The zero-order valence-electron chi connectivity index (χ0n) is 13.3. The quantitative estimate of drug-likeness (QED) is 0.883. The van der Waals surface area contributed by atoms with Gasteiger partial charge in [0.2, 0.25) is 10.0 Å². The molecule has 1 N–H and O–H groups in total. The molecule has 0 radical (unpaired) electrons. The first-order chi connectivity index (χ1) is 11.0. The van der Waals surface area contributed by atoms with Crippen LogP contribution >= 0.6 is 0 Å². The fraction of sp³-hybridized carbons (Fsp3) is 0.333. The molecular weight excluding hydrogens is 310 g/mol. The SMILES string of the molecule is COc1ccc(S(=O)(=O)NC(c2ccccc2)C2CC2C)cc1. The topological polar surface area (TPSA) is 55.4 Å². The Bertz CT molecular complexity index is 757. The Hall–Kier alpha value is -1.85. The van der Waals surface area contributed by atoms with E-state index in [0.717, 1.165) is 12.0 Å². The molecule has 0 bridgehead atoms. The third kappa shape index (κ3) is 3.57. The van der Waals surface area contributed by atoms with Crippen LogP contribution in [-0.4, -0.2) is 15.5 Å². The second kappa shape index (κ2) is 6.34. The van der Waals surface area contributed by atoms with Gasteiger partial charge in [0, 0.05) is 0 Å². The molecule has 5 heteroatoms. The molecule has 3 rings (SSSR count). The molecular formula is C18H21NO3S. The van der Waals surface area contributed by atoms with Gasteiger partial charge < -0.3 is 4.74 Å². The van der Waals surface area contributed by atoms with Crippen molar-refractivity contribution in [2.45, 2.75) is 24.3 Å². The van der Waals surface area contributed by atoms with Gasteiger partial charge in [-0.25, -0.2) is 13.1 Å². The van der Waals surface area contributed by atoms with Crippen molar-refractivity contribution in [2.75, 3.05) is 7.11 Å². The lowest BCUT2D eigenvalue weighted by atomic mass is 10.0. The Morgan fingerprint density at radius 2 is 1.70 bits per heavy atom. The first-order valence-corrected chi connectivity index (χ1v) is 9.21. The van der Waals surface area contributed by atoms with Crippen LogP contribution in [0.15, 0.2) is 59.5 Å². The summed E-state index contributed by atoms with van der Waals surface area (Å²) in [4.78, 5) is 0.257. The third-order valence-corrected chi connectivity index (χ3v) is 5.87. The highest BCUT2D eigenvalue weighted by Crippen LogP contribution is 2.47. The van der Waals surface area contributed by atoms with Crippen LogP contribution in [0.3, 0.4) is 0 Å². The Morgan fingerprint density at radius 1 is 1.09 bits per heavy atom. The summed E-state index contributed by atoms with van der Waals surface area (Å²) in [5.74, 6) is 1.53. The molecule has 0 amide bonds. The molecule has 3 unspecified atom stereocenters. The van der Waals surface area contributed by atoms with E-state index in [2.05, 4.69) is 11.6 Å². The van der Waals surface area contributed by atoms with Crippen molar-refractivity contribution in [3.63, 3.8) is 0 Å². The number of benzene rings is 2. The molecule has 1 aliphatic carbocycles. The zero-order valence-corrected chi connectivity index (χ0v) is 14.1. The van der Waals surface area contributed by atoms with Crippen molar-refractivity contribution in [3.8, 4) is 5.75 Å². The summed E-state index contributed by atoms with van der Waals surface area (Å²) in [5, 5.41) is 0. The lowest BCUT2D eigenvalue weighted by Gasteiger charge is -2.19. The van der Waals surface area contributed by atoms with E-state index in [4.69, 9.17) is 4.74 Å². The molecule has 0 aliphatic heterocycles. The summed E-state index contributed by atoms with van der Waals surface area (Å²) < 4.78 is 33.4. The van der Waals surface area contributed by atoms with Crippen LogP contribution in [0.5, 0.6) is 5.75 Å². The van der Waals surface area contributed by atoms with Crippen LogP contribution < -0.4 is 9.46 Å². The van der Waals surface area contributed by atoms with Crippen molar-refractivity contribution in [1.29, 1.82) is 0 Å². The molecule has 0 saturated heterocycles. The summed E-state index contributed by atoms with van der Waals surface area (Å²) >= 11 is 0. The van der Waals surface area contributed by atoms with Crippen molar-refractivity contribution in [1.82, 2.24) is 4.72 Å². The van der Waals surface area contributed by atoms with Crippen molar-refractivity contribution in [2.24, 2.45) is 11.8 Å². The lowest BCUT2D eigenvalue weighted by molar-refractivity contribution is 0.414. The van der Waals surface area contributed by atoms with Crippen LogP contribution in [0.1, 0.15) is 24.9 Å². The third-order valence-electron chi connectivity index (χ3n) is 4.41. The van der Waals surface area contributed by atoms with E-state index in [1.807, 2.05) is 30.3 Å². The fourth-order valence-corrected chi connectivity index (χ4v) is 4.14. The van der Waals surface area contributed by atoms with E-state index in [1.165, 1.54) is 0 Å². The number of hydrogen-bond donors (Lipinski definition) is 1. The van der Waals surface area contributed by atoms with Crippen molar-refractivity contribution >= 4 is 10.0 Å². The second-order valence-electron chi connectivity index (χ2n) is 6.06. The number of rotatable bonds is 6. The standard InChI is InChI=1S/C18H21NO3S/c1-13-12-17(13)18(14-6-4-3-5-7-14)19-23(20,21)16-10-8-15(22-2)9-11-16/h3-11,13,17-19H,12H2,1-2H3. The largest absolute Gasteiger partial charge is 0.497 e. The van der Waals surface area contributed by atoms with Crippen LogP contribution in [0, 0.1) is 11.8 Å². The summed E-state index contributed by atoms with van der Waals surface area (Å²) in [5.41, 5.74) is 1.01. The van der Waals surface area contributed by atoms with E-state index < -0.39 is 10.0 Å². The van der Waals surface area contributed by atoms with Gasteiger partial charge in [0.05, 0.1) is 18.0 Å². The van der Waals surface area contributed by atoms with Gasteiger partial charge >= 0.3 is 0 Å². The lowest BCUT2D eigenvalue weighted by Crippen LogP contribution is -2.30. The van der Waals surface area contributed by atoms with Crippen molar-refractivity contribution in [3.05, 3.63) is 60.2 Å². The van der Waals surface area contributed by atoms with Gasteiger partial charge in [0.15, 0.2) is 0 Å². The average molecular weight is 331 g/mol. The van der Waals surface area contributed by atoms with Gasteiger partial charge in [0.1, 0.15) is 5.75 Å². The highest BCUT2D eigenvalue weighted by molar-refractivity contribution is 7.89. The first-order valence-electron chi connectivity index (χ1n) is 7.72. The monoisotopic (exact) mass is 331 g/mol. The molecule has 1 aliphatic rings. The van der Waals surface area contributed by atoms with Gasteiger partial charge in [-0.2, -0.15) is 0 Å². The van der Waals surface area contributed by atoms with Crippen LogP contribution in [-0.2, 0) is 10.0 Å². The number of ether oxygens (including phenoxy) is 1. The van der Waals surface area contributed by atoms with E-state index >= 15 is 0 Å². The van der Waals surface area contributed by atoms with Gasteiger partial charge in [0.25, 0.3) is 0 Å². The Kier molecular flexibility index (Phi) is 4.41. The van der Waals surface area contributed by atoms with E-state index in [0.29, 0.717) is 17.6 Å². The van der Waals surface area contributed by atoms with E-state index in [1.54, 1.807) is 31.4 Å².